The molecule has 1 heterocycles. The van der Waals surface area contributed by atoms with Crippen LogP contribution in [0.15, 0.2) is 42.5 Å². The number of rotatable bonds is 9. The third-order valence-electron chi connectivity index (χ3n) is 5.71. The summed E-state index contributed by atoms with van der Waals surface area (Å²) in [6.07, 6.45) is -0.0267. The maximum atomic E-state index is 13.2. The lowest BCUT2D eigenvalue weighted by Crippen LogP contribution is -2.49. The molecule has 6 heteroatoms. The molecule has 1 saturated heterocycles. The quantitative estimate of drug-likeness (QED) is 0.590. The van der Waals surface area contributed by atoms with Crippen molar-refractivity contribution >= 4 is 5.91 Å². The van der Waals surface area contributed by atoms with E-state index < -0.39 is 0 Å². The molecule has 2 aromatic carbocycles. The van der Waals surface area contributed by atoms with E-state index in [9.17, 15) is 4.79 Å². The second-order valence-electron chi connectivity index (χ2n) is 8.88. The molecule has 0 saturated carbocycles. The van der Waals surface area contributed by atoms with Crippen molar-refractivity contribution in [3.05, 3.63) is 59.2 Å². The summed E-state index contributed by atoms with van der Waals surface area (Å²) in [4.78, 5) is 17.5. The van der Waals surface area contributed by atoms with Crippen molar-refractivity contribution in [1.82, 2.24) is 9.80 Å². The second-order valence-corrected chi connectivity index (χ2v) is 8.88. The van der Waals surface area contributed by atoms with Crippen LogP contribution in [0.4, 0.5) is 0 Å². The average Bonchev–Trinajstić information content (AvgIpc) is 2.79. The van der Waals surface area contributed by atoms with Crippen LogP contribution >= 0.6 is 0 Å². The van der Waals surface area contributed by atoms with Gasteiger partial charge in [0.1, 0.15) is 11.5 Å². The zero-order valence-electron chi connectivity index (χ0n) is 20.0. The predicted molar refractivity (Wildman–Crippen MR) is 126 cm³/mol. The highest BCUT2D eigenvalue weighted by molar-refractivity contribution is 5.94. The van der Waals surface area contributed by atoms with Crippen LogP contribution in [-0.4, -0.2) is 68.8 Å². The fraction of sp³-hybridized carbons (Fsp3) is 0.500. The Kier molecular flexibility index (Phi) is 8.53. The topological polar surface area (TPSA) is 51.2 Å². The molecule has 174 valence electrons. The summed E-state index contributed by atoms with van der Waals surface area (Å²) in [7, 11) is 3.34. The maximum Gasteiger partial charge on any atom is 0.253 e. The van der Waals surface area contributed by atoms with Crippen LogP contribution in [0.2, 0.25) is 0 Å². The van der Waals surface area contributed by atoms with Crippen LogP contribution in [-0.2, 0) is 11.3 Å². The van der Waals surface area contributed by atoms with Crippen LogP contribution in [0.1, 0.15) is 35.3 Å². The summed E-state index contributed by atoms with van der Waals surface area (Å²) in [5.41, 5.74) is 2.99. The molecule has 2 aromatic rings. The van der Waals surface area contributed by atoms with Gasteiger partial charge in [0.05, 0.1) is 26.9 Å². The molecule has 0 N–H and O–H groups in total. The summed E-state index contributed by atoms with van der Waals surface area (Å²) >= 11 is 0. The Bertz CT molecular complexity index is 882. The first kappa shape index (κ1) is 24.1. The lowest BCUT2D eigenvalue weighted by atomic mass is 10.1. The third-order valence-corrected chi connectivity index (χ3v) is 5.71. The van der Waals surface area contributed by atoms with Gasteiger partial charge in [-0.05, 0) is 31.0 Å². The number of hydrogen-bond donors (Lipinski definition) is 0. The van der Waals surface area contributed by atoms with Crippen molar-refractivity contribution in [2.75, 3.05) is 47.0 Å². The molecule has 0 bridgehead atoms. The number of benzene rings is 2. The molecule has 1 fully saturated rings. The van der Waals surface area contributed by atoms with Gasteiger partial charge in [0.25, 0.3) is 5.91 Å². The smallest absolute Gasteiger partial charge is 0.253 e. The number of morpholine rings is 1. The molecule has 1 aliphatic heterocycles. The van der Waals surface area contributed by atoms with E-state index in [1.807, 2.05) is 54.3 Å². The molecular formula is C26H36N2O4. The average molecular weight is 441 g/mol. The first-order chi connectivity index (χ1) is 15.4. The molecular weight excluding hydrogens is 404 g/mol. The zero-order chi connectivity index (χ0) is 23.1. The Balaban J connectivity index is 1.67. The van der Waals surface area contributed by atoms with Crippen LogP contribution in [0.5, 0.6) is 11.5 Å². The number of carbonyl (C=O) groups excluding carboxylic acids is 1. The molecule has 0 radical (unpaired) electrons. The summed E-state index contributed by atoms with van der Waals surface area (Å²) in [5.74, 6) is 2.05. The minimum absolute atomic E-state index is 0.0267. The highest BCUT2D eigenvalue weighted by Crippen LogP contribution is 2.26. The van der Waals surface area contributed by atoms with E-state index in [2.05, 4.69) is 18.7 Å². The van der Waals surface area contributed by atoms with E-state index in [1.165, 1.54) is 0 Å². The fourth-order valence-corrected chi connectivity index (χ4v) is 4.06. The molecule has 0 aromatic heterocycles. The number of ether oxygens (including phenoxy) is 3. The number of carbonyl (C=O) groups is 1. The largest absolute Gasteiger partial charge is 0.497 e. The summed E-state index contributed by atoms with van der Waals surface area (Å²) < 4.78 is 16.9. The molecule has 1 atom stereocenters. The molecule has 1 unspecified atom stereocenters. The van der Waals surface area contributed by atoms with Gasteiger partial charge in [-0.3, -0.25) is 9.69 Å². The first-order valence-corrected chi connectivity index (χ1v) is 11.3. The van der Waals surface area contributed by atoms with Crippen LogP contribution in [0.25, 0.3) is 0 Å². The van der Waals surface area contributed by atoms with Gasteiger partial charge in [-0.25, -0.2) is 0 Å². The van der Waals surface area contributed by atoms with E-state index in [0.29, 0.717) is 25.6 Å². The summed E-state index contributed by atoms with van der Waals surface area (Å²) in [5, 5.41) is 0. The molecule has 3 rings (SSSR count). The SMILES string of the molecule is COc1ccc(CN2CCOC(CN(CC(C)C)C(=O)c3ccc(C)cc3)C2)c(OC)c1. The lowest BCUT2D eigenvalue weighted by Gasteiger charge is -2.36. The Hall–Kier alpha value is -2.57. The van der Waals surface area contributed by atoms with Crippen molar-refractivity contribution < 1.29 is 19.0 Å². The van der Waals surface area contributed by atoms with E-state index >= 15 is 0 Å². The van der Waals surface area contributed by atoms with Crippen molar-refractivity contribution in [3.63, 3.8) is 0 Å². The van der Waals surface area contributed by atoms with Crippen molar-refractivity contribution in [2.24, 2.45) is 5.92 Å². The van der Waals surface area contributed by atoms with Crippen molar-refractivity contribution in [3.8, 4) is 11.5 Å². The minimum Gasteiger partial charge on any atom is -0.497 e. The zero-order valence-corrected chi connectivity index (χ0v) is 20.0. The van der Waals surface area contributed by atoms with Crippen LogP contribution in [0, 0.1) is 12.8 Å². The lowest BCUT2D eigenvalue weighted by molar-refractivity contribution is -0.0439. The van der Waals surface area contributed by atoms with Crippen LogP contribution < -0.4 is 9.47 Å². The van der Waals surface area contributed by atoms with E-state index in [0.717, 1.165) is 47.8 Å². The van der Waals surface area contributed by atoms with Crippen molar-refractivity contribution in [2.45, 2.75) is 33.4 Å². The standard InChI is InChI=1S/C26H36N2O4/c1-19(2)15-28(26(29)21-8-6-20(3)7-9-21)18-24-17-27(12-13-32-24)16-22-10-11-23(30-4)14-25(22)31-5/h6-11,14,19,24H,12-13,15-18H2,1-5H3. The Morgan fingerprint density at radius 2 is 1.91 bits per heavy atom. The maximum absolute atomic E-state index is 13.2. The number of amides is 1. The summed E-state index contributed by atoms with van der Waals surface area (Å²) in [6.45, 7) is 10.6. The third kappa shape index (κ3) is 6.47. The minimum atomic E-state index is -0.0267. The monoisotopic (exact) mass is 440 g/mol. The molecule has 1 amide bonds. The fourth-order valence-electron chi connectivity index (χ4n) is 4.06. The second kappa shape index (κ2) is 11.3. The molecule has 0 aliphatic carbocycles. The normalized spacial score (nSPS) is 16.8. The highest BCUT2D eigenvalue weighted by atomic mass is 16.5. The van der Waals surface area contributed by atoms with Crippen molar-refractivity contribution in [1.29, 1.82) is 0 Å². The van der Waals surface area contributed by atoms with Gasteiger partial charge >= 0.3 is 0 Å². The number of nitrogens with zero attached hydrogens (tertiary/aromatic N) is 2. The summed E-state index contributed by atoms with van der Waals surface area (Å²) in [6, 6.07) is 13.7. The number of methoxy groups -OCH3 is 2. The molecule has 6 nitrogen and oxygen atoms in total. The van der Waals surface area contributed by atoms with Gasteiger partial charge < -0.3 is 19.1 Å². The predicted octanol–water partition coefficient (Wildman–Crippen LogP) is 4.01. The molecule has 0 spiro atoms. The van der Waals surface area contributed by atoms with E-state index in [4.69, 9.17) is 14.2 Å². The number of hydrogen-bond acceptors (Lipinski definition) is 5. The Labute approximate surface area is 192 Å². The Morgan fingerprint density at radius 3 is 2.56 bits per heavy atom. The van der Waals surface area contributed by atoms with Gasteiger partial charge in [-0.1, -0.05) is 37.6 Å². The number of aryl methyl sites for hydroxylation is 1. The van der Waals surface area contributed by atoms with Crippen LogP contribution in [0.3, 0.4) is 0 Å². The van der Waals surface area contributed by atoms with Gasteiger partial charge in [-0.2, -0.15) is 0 Å². The van der Waals surface area contributed by atoms with Gasteiger partial charge in [0.15, 0.2) is 0 Å². The molecule has 32 heavy (non-hydrogen) atoms. The highest BCUT2D eigenvalue weighted by Gasteiger charge is 2.26. The molecule has 1 aliphatic rings. The first-order valence-electron chi connectivity index (χ1n) is 11.3. The van der Waals surface area contributed by atoms with Gasteiger partial charge in [-0.15, -0.1) is 0 Å². The van der Waals surface area contributed by atoms with Gasteiger partial charge in [0.2, 0.25) is 0 Å². The Morgan fingerprint density at radius 1 is 1.16 bits per heavy atom. The van der Waals surface area contributed by atoms with Gasteiger partial charge in [0, 0.05) is 49.9 Å². The van der Waals surface area contributed by atoms with E-state index in [1.54, 1.807) is 14.2 Å². The van der Waals surface area contributed by atoms with E-state index in [-0.39, 0.29) is 12.0 Å².